The van der Waals surface area contributed by atoms with Gasteiger partial charge in [-0.1, -0.05) is 6.92 Å². The van der Waals surface area contributed by atoms with E-state index in [-0.39, 0.29) is 25.3 Å². The molecule has 0 amide bonds. The zero-order valence-electron chi connectivity index (χ0n) is 7.11. The Balaban J connectivity index is 0. The molecule has 0 saturated heterocycles. The number of hydrogen-bond acceptors (Lipinski definition) is 4. The van der Waals surface area contributed by atoms with Gasteiger partial charge in [-0.3, -0.25) is 9.35 Å². The molecule has 7 heteroatoms. The predicted molar refractivity (Wildman–Crippen MR) is 43.2 cm³/mol. The third-order valence-electron chi connectivity index (χ3n) is 0.823. The first kappa shape index (κ1) is 14.5. The monoisotopic (exact) mass is 189 g/mol. The standard InChI is InChI=1S/C5H10O5S.Li/c1-2-3-5(6)10-4-11(7,8)9;/h2-4H2,1H3,(H,7,8,9);. The normalized spacial score (nSPS) is 10.2. The Labute approximate surface area is 83.4 Å². The van der Waals surface area contributed by atoms with Gasteiger partial charge in [0.1, 0.15) is 0 Å². The fourth-order valence-corrected chi connectivity index (χ4v) is 0.697. The van der Waals surface area contributed by atoms with Crippen LogP contribution in [-0.4, -0.2) is 43.7 Å². The number of rotatable bonds is 4. The van der Waals surface area contributed by atoms with Crippen LogP contribution >= 0.6 is 0 Å². The van der Waals surface area contributed by atoms with Gasteiger partial charge in [-0.15, -0.1) is 0 Å². The number of carbonyl (C=O) groups is 1. The first-order valence-corrected chi connectivity index (χ1v) is 4.67. The molecule has 0 aromatic heterocycles. The van der Waals surface area contributed by atoms with Gasteiger partial charge in [0, 0.05) is 25.3 Å². The second-order valence-electron chi connectivity index (χ2n) is 1.97. The van der Waals surface area contributed by atoms with Gasteiger partial charge >= 0.3 is 16.1 Å². The largest absolute Gasteiger partial charge is 0.447 e. The van der Waals surface area contributed by atoms with Gasteiger partial charge < -0.3 is 4.74 Å². The smallest absolute Gasteiger partial charge is 0.306 e. The quantitative estimate of drug-likeness (QED) is 0.376. The summed E-state index contributed by atoms with van der Waals surface area (Å²) in [5, 5.41) is 0. The van der Waals surface area contributed by atoms with Gasteiger partial charge in [-0.05, 0) is 6.42 Å². The topological polar surface area (TPSA) is 80.7 Å². The van der Waals surface area contributed by atoms with Crippen molar-refractivity contribution in [2.75, 3.05) is 5.94 Å². The van der Waals surface area contributed by atoms with Crippen LogP contribution in [0.5, 0.6) is 0 Å². The van der Waals surface area contributed by atoms with E-state index >= 15 is 0 Å². The van der Waals surface area contributed by atoms with E-state index in [0.717, 1.165) is 0 Å². The molecule has 0 aliphatic heterocycles. The molecule has 0 rings (SSSR count). The molecule has 0 heterocycles. The maximum Gasteiger partial charge on any atom is 0.306 e. The average molecular weight is 189 g/mol. The second kappa shape index (κ2) is 6.49. The van der Waals surface area contributed by atoms with Gasteiger partial charge in [-0.2, -0.15) is 8.42 Å². The molecule has 1 radical (unpaired) electrons. The average Bonchev–Trinajstić information content (AvgIpc) is 1.83. The number of esters is 1. The van der Waals surface area contributed by atoms with Crippen molar-refractivity contribution in [3.05, 3.63) is 0 Å². The van der Waals surface area contributed by atoms with Crippen LogP contribution < -0.4 is 0 Å². The van der Waals surface area contributed by atoms with Gasteiger partial charge in [0.25, 0.3) is 0 Å². The van der Waals surface area contributed by atoms with E-state index in [4.69, 9.17) is 4.55 Å². The molecular formula is C5H10LiO5S. The molecule has 0 saturated carbocycles. The van der Waals surface area contributed by atoms with Crippen LogP contribution in [0.3, 0.4) is 0 Å². The summed E-state index contributed by atoms with van der Waals surface area (Å²) in [6.07, 6.45) is 0.750. The van der Waals surface area contributed by atoms with Crippen molar-refractivity contribution in [1.82, 2.24) is 0 Å². The predicted octanol–water partition coefficient (Wildman–Crippen LogP) is -0.206. The van der Waals surface area contributed by atoms with Crippen molar-refractivity contribution < 1.29 is 22.5 Å². The second-order valence-corrected chi connectivity index (χ2v) is 3.37. The van der Waals surface area contributed by atoms with E-state index in [2.05, 4.69) is 4.74 Å². The maximum absolute atomic E-state index is 10.5. The fraction of sp³-hybridized carbons (Fsp3) is 0.800. The van der Waals surface area contributed by atoms with E-state index in [1.807, 2.05) is 0 Å². The summed E-state index contributed by atoms with van der Waals surface area (Å²) < 4.78 is 32.3. The third kappa shape index (κ3) is 9.98. The first-order chi connectivity index (χ1) is 4.95. The Kier molecular flexibility index (Phi) is 7.84. The zero-order valence-corrected chi connectivity index (χ0v) is 7.93. The van der Waals surface area contributed by atoms with E-state index in [0.29, 0.717) is 6.42 Å². The number of ether oxygens (including phenoxy) is 1. The SMILES string of the molecule is CCCC(=O)OCS(=O)(=O)O.[Li]. The van der Waals surface area contributed by atoms with Crippen molar-refractivity contribution >= 4 is 34.9 Å². The molecule has 0 atom stereocenters. The van der Waals surface area contributed by atoms with Gasteiger partial charge in [0.15, 0.2) is 0 Å². The van der Waals surface area contributed by atoms with Crippen LogP contribution in [0.4, 0.5) is 0 Å². The van der Waals surface area contributed by atoms with E-state index < -0.39 is 22.0 Å². The Morgan fingerprint density at radius 3 is 2.33 bits per heavy atom. The van der Waals surface area contributed by atoms with E-state index in [9.17, 15) is 13.2 Å². The van der Waals surface area contributed by atoms with Crippen molar-refractivity contribution in [2.24, 2.45) is 0 Å². The van der Waals surface area contributed by atoms with Crippen LogP contribution in [-0.2, 0) is 19.6 Å². The summed E-state index contributed by atoms with van der Waals surface area (Å²) in [5.74, 6) is -1.57. The molecule has 0 fully saturated rings. The third-order valence-corrected chi connectivity index (χ3v) is 1.24. The van der Waals surface area contributed by atoms with Crippen LogP contribution in [0.2, 0.25) is 0 Å². The molecule has 0 unspecified atom stereocenters. The summed E-state index contributed by atoms with van der Waals surface area (Å²) in [6.45, 7) is 1.76. The molecule has 12 heavy (non-hydrogen) atoms. The van der Waals surface area contributed by atoms with E-state index in [1.165, 1.54) is 0 Å². The van der Waals surface area contributed by atoms with Crippen LogP contribution in [0.1, 0.15) is 19.8 Å². The minimum atomic E-state index is -4.18. The van der Waals surface area contributed by atoms with Crippen molar-refractivity contribution in [2.45, 2.75) is 19.8 Å². The van der Waals surface area contributed by atoms with Crippen molar-refractivity contribution in [3.8, 4) is 0 Å². The van der Waals surface area contributed by atoms with E-state index in [1.54, 1.807) is 6.92 Å². The van der Waals surface area contributed by atoms with Crippen LogP contribution in [0, 0.1) is 0 Å². The maximum atomic E-state index is 10.5. The molecule has 0 aromatic rings. The summed E-state index contributed by atoms with van der Waals surface area (Å²) in [7, 11) is -4.18. The Bertz CT molecular complexity index is 222. The van der Waals surface area contributed by atoms with Crippen molar-refractivity contribution in [3.63, 3.8) is 0 Å². The molecule has 0 bridgehead atoms. The van der Waals surface area contributed by atoms with Crippen LogP contribution in [0.15, 0.2) is 0 Å². The molecule has 0 aliphatic carbocycles. The number of carbonyl (C=O) groups excluding carboxylic acids is 1. The molecule has 5 nitrogen and oxygen atoms in total. The van der Waals surface area contributed by atoms with Gasteiger partial charge in [0.05, 0.1) is 0 Å². The Morgan fingerprint density at radius 2 is 2.00 bits per heavy atom. The van der Waals surface area contributed by atoms with Gasteiger partial charge in [0.2, 0.25) is 5.94 Å². The minimum Gasteiger partial charge on any atom is -0.447 e. The minimum absolute atomic E-state index is 0. The molecule has 67 valence electrons. The fourth-order valence-electron chi connectivity index (χ4n) is 0.416. The summed E-state index contributed by atoms with van der Waals surface area (Å²) in [5.41, 5.74) is 0. The van der Waals surface area contributed by atoms with Crippen molar-refractivity contribution in [1.29, 1.82) is 0 Å². The molecule has 0 aromatic carbocycles. The number of hydrogen-bond donors (Lipinski definition) is 1. The first-order valence-electron chi connectivity index (χ1n) is 3.06. The summed E-state index contributed by atoms with van der Waals surface area (Å²) in [6, 6.07) is 0. The zero-order chi connectivity index (χ0) is 8.91. The summed E-state index contributed by atoms with van der Waals surface area (Å²) >= 11 is 0. The Morgan fingerprint density at radius 1 is 1.50 bits per heavy atom. The molecule has 0 spiro atoms. The molecular weight excluding hydrogens is 179 g/mol. The van der Waals surface area contributed by atoms with Crippen LogP contribution in [0.25, 0.3) is 0 Å². The molecule has 0 aliphatic rings. The molecule has 1 N–H and O–H groups in total. The van der Waals surface area contributed by atoms with Gasteiger partial charge in [-0.25, -0.2) is 0 Å². The summed E-state index contributed by atoms with van der Waals surface area (Å²) in [4.78, 5) is 10.5. The Hall–Kier alpha value is -0.0226.